The molecule has 0 spiro atoms. The van der Waals surface area contributed by atoms with E-state index in [1.165, 1.54) is 6.92 Å². The van der Waals surface area contributed by atoms with Gasteiger partial charge in [-0.1, -0.05) is 30.3 Å². The minimum absolute atomic E-state index is 0.162. The van der Waals surface area contributed by atoms with Crippen LogP contribution < -0.4 is 5.32 Å². The van der Waals surface area contributed by atoms with Gasteiger partial charge in [0.15, 0.2) is 17.5 Å². The van der Waals surface area contributed by atoms with Crippen LogP contribution in [0.1, 0.15) is 12.8 Å². The lowest BCUT2D eigenvalue weighted by Crippen LogP contribution is -2.06. The average Bonchev–Trinajstić information content (AvgIpc) is 2.60. The summed E-state index contributed by atoms with van der Waals surface area (Å²) < 4.78 is 5.48. The molecule has 4 heteroatoms. The van der Waals surface area contributed by atoms with Crippen LogP contribution in [0.3, 0.4) is 0 Å². The van der Waals surface area contributed by atoms with E-state index < -0.39 is 0 Å². The van der Waals surface area contributed by atoms with E-state index in [1.807, 2.05) is 30.3 Å². The van der Waals surface area contributed by atoms with E-state index in [0.29, 0.717) is 17.5 Å². The molecule has 2 rings (SSSR count). The average molecular weight is 216 g/mol. The lowest BCUT2D eigenvalue weighted by Gasteiger charge is -2.00. The van der Waals surface area contributed by atoms with Crippen LogP contribution in [0.2, 0.25) is 0 Å². The van der Waals surface area contributed by atoms with Crippen LogP contribution in [-0.2, 0) is 4.79 Å². The van der Waals surface area contributed by atoms with Gasteiger partial charge in [-0.3, -0.25) is 4.79 Å². The first-order valence-corrected chi connectivity index (χ1v) is 4.97. The van der Waals surface area contributed by atoms with Crippen LogP contribution in [0.5, 0.6) is 0 Å². The van der Waals surface area contributed by atoms with Gasteiger partial charge in [0.05, 0.1) is 0 Å². The Morgan fingerprint density at radius 2 is 2.00 bits per heavy atom. The summed E-state index contributed by atoms with van der Waals surface area (Å²) in [7, 11) is 0. The van der Waals surface area contributed by atoms with Crippen molar-refractivity contribution in [3.63, 3.8) is 0 Å². The third-order valence-corrected chi connectivity index (χ3v) is 2.06. The van der Waals surface area contributed by atoms with Crippen molar-refractivity contribution in [1.29, 1.82) is 0 Å². The molecule has 0 fully saturated rings. The van der Waals surface area contributed by atoms with Gasteiger partial charge in [0.2, 0.25) is 5.91 Å². The van der Waals surface area contributed by atoms with Crippen LogP contribution in [0.4, 0.5) is 5.82 Å². The fourth-order valence-corrected chi connectivity index (χ4v) is 1.46. The van der Waals surface area contributed by atoms with Crippen molar-refractivity contribution in [2.24, 2.45) is 0 Å². The van der Waals surface area contributed by atoms with Gasteiger partial charge >= 0.3 is 0 Å². The molecule has 82 valence electrons. The molecule has 0 aliphatic heterocycles. The number of benzene rings is 1. The fraction of sp³-hybridized carbons (Fsp3) is 0.167. The molecule has 0 bridgehead atoms. The monoisotopic (exact) mass is 216 g/mol. The first-order valence-electron chi connectivity index (χ1n) is 4.97. The number of aromatic nitrogens is 1. The van der Waals surface area contributed by atoms with Crippen molar-refractivity contribution in [2.45, 2.75) is 13.8 Å². The number of oxazole rings is 1. The van der Waals surface area contributed by atoms with E-state index in [9.17, 15) is 4.79 Å². The zero-order chi connectivity index (χ0) is 11.5. The standard InChI is InChI=1S/C12H12N2O2/c1-8(15)13-12-11(16-9(2)14-12)10-6-4-3-5-7-10/h3-7H,1-2H3,(H,13,15). The Balaban J connectivity index is 2.44. The number of rotatable bonds is 2. The fourth-order valence-electron chi connectivity index (χ4n) is 1.46. The lowest BCUT2D eigenvalue weighted by molar-refractivity contribution is -0.114. The molecule has 1 heterocycles. The van der Waals surface area contributed by atoms with Crippen molar-refractivity contribution in [2.75, 3.05) is 5.32 Å². The zero-order valence-corrected chi connectivity index (χ0v) is 9.15. The second kappa shape index (κ2) is 4.18. The van der Waals surface area contributed by atoms with E-state index in [-0.39, 0.29) is 5.91 Å². The van der Waals surface area contributed by atoms with Gasteiger partial charge in [0.1, 0.15) is 0 Å². The largest absolute Gasteiger partial charge is 0.439 e. The van der Waals surface area contributed by atoms with Crippen molar-refractivity contribution < 1.29 is 9.21 Å². The maximum atomic E-state index is 11.0. The second-order valence-corrected chi connectivity index (χ2v) is 3.46. The Hall–Kier alpha value is -2.10. The first kappa shape index (κ1) is 10.4. The van der Waals surface area contributed by atoms with Gasteiger partial charge in [-0.25, -0.2) is 0 Å². The first-order chi connectivity index (χ1) is 7.66. The number of hydrogen-bond acceptors (Lipinski definition) is 3. The molecular weight excluding hydrogens is 204 g/mol. The number of anilines is 1. The van der Waals surface area contributed by atoms with Crippen LogP contribution in [0, 0.1) is 6.92 Å². The molecule has 1 N–H and O–H groups in total. The van der Waals surface area contributed by atoms with Crippen molar-refractivity contribution in [3.05, 3.63) is 36.2 Å². The third-order valence-electron chi connectivity index (χ3n) is 2.06. The smallest absolute Gasteiger partial charge is 0.222 e. The molecular formula is C12H12N2O2. The summed E-state index contributed by atoms with van der Waals surface area (Å²) in [4.78, 5) is 15.1. The molecule has 0 saturated heterocycles. The summed E-state index contributed by atoms with van der Waals surface area (Å²) in [5, 5.41) is 2.65. The zero-order valence-electron chi connectivity index (χ0n) is 9.15. The topological polar surface area (TPSA) is 55.1 Å². The molecule has 1 amide bonds. The molecule has 2 aromatic rings. The van der Waals surface area contributed by atoms with E-state index in [4.69, 9.17) is 4.42 Å². The highest BCUT2D eigenvalue weighted by atomic mass is 16.4. The van der Waals surface area contributed by atoms with Crippen LogP contribution in [0.25, 0.3) is 11.3 Å². The Morgan fingerprint density at radius 3 is 2.62 bits per heavy atom. The summed E-state index contributed by atoms with van der Waals surface area (Å²) in [6.07, 6.45) is 0. The Labute approximate surface area is 93.3 Å². The number of hydrogen-bond donors (Lipinski definition) is 1. The van der Waals surface area contributed by atoms with Gasteiger partial charge in [0, 0.05) is 19.4 Å². The number of nitrogens with one attached hydrogen (secondary N) is 1. The summed E-state index contributed by atoms with van der Waals surface area (Å²) in [6.45, 7) is 3.19. The number of amides is 1. The molecule has 0 aliphatic rings. The predicted octanol–water partition coefficient (Wildman–Crippen LogP) is 2.61. The molecule has 1 aromatic carbocycles. The van der Waals surface area contributed by atoms with Gasteiger partial charge in [-0.05, 0) is 0 Å². The predicted molar refractivity (Wildman–Crippen MR) is 61.0 cm³/mol. The molecule has 0 atom stereocenters. The molecule has 16 heavy (non-hydrogen) atoms. The van der Waals surface area contributed by atoms with Gasteiger partial charge in [-0.15, -0.1) is 0 Å². The quantitative estimate of drug-likeness (QED) is 0.839. The van der Waals surface area contributed by atoms with Crippen molar-refractivity contribution in [1.82, 2.24) is 4.98 Å². The molecule has 4 nitrogen and oxygen atoms in total. The SMILES string of the molecule is CC(=O)Nc1nc(C)oc1-c1ccccc1. The summed E-state index contributed by atoms with van der Waals surface area (Å²) in [5.74, 6) is 1.43. The Kier molecular flexibility index (Phi) is 2.72. The number of nitrogens with zero attached hydrogens (tertiary/aromatic N) is 1. The molecule has 1 aromatic heterocycles. The molecule has 0 saturated carbocycles. The normalized spacial score (nSPS) is 10.1. The molecule has 0 aliphatic carbocycles. The van der Waals surface area contributed by atoms with E-state index in [1.54, 1.807) is 6.92 Å². The van der Waals surface area contributed by atoms with E-state index >= 15 is 0 Å². The highest BCUT2D eigenvalue weighted by molar-refractivity contribution is 5.91. The second-order valence-electron chi connectivity index (χ2n) is 3.46. The number of carbonyl (C=O) groups excluding carboxylic acids is 1. The number of aryl methyl sites for hydroxylation is 1. The van der Waals surface area contributed by atoms with Crippen LogP contribution >= 0.6 is 0 Å². The highest BCUT2D eigenvalue weighted by Gasteiger charge is 2.13. The van der Waals surface area contributed by atoms with Crippen molar-refractivity contribution >= 4 is 11.7 Å². The molecule has 0 radical (unpaired) electrons. The Morgan fingerprint density at radius 1 is 1.31 bits per heavy atom. The minimum Gasteiger partial charge on any atom is -0.439 e. The van der Waals surface area contributed by atoms with E-state index in [2.05, 4.69) is 10.3 Å². The van der Waals surface area contributed by atoms with Gasteiger partial charge < -0.3 is 9.73 Å². The van der Waals surface area contributed by atoms with E-state index in [0.717, 1.165) is 5.56 Å². The lowest BCUT2D eigenvalue weighted by atomic mass is 10.2. The number of carbonyl (C=O) groups is 1. The highest BCUT2D eigenvalue weighted by Crippen LogP contribution is 2.28. The summed E-state index contributed by atoms with van der Waals surface area (Å²) in [6, 6.07) is 9.55. The minimum atomic E-state index is -0.162. The van der Waals surface area contributed by atoms with Gasteiger partial charge in [0.25, 0.3) is 0 Å². The Bertz CT molecular complexity index is 503. The summed E-state index contributed by atoms with van der Waals surface area (Å²) in [5.41, 5.74) is 0.895. The van der Waals surface area contributed by atoms with Crippen molar-refractivity contribution in [3.8, 4) is 11.3 Å². The third kappa shape index (κ3) is 2.11. The maximum Gasteiger partial charge on any atom is 0.222 e. The van der Waals surface area contributed by atoms with Crippen LogP contribution in [0.15, 0.2) is 34.7 Å². The maximum absolute atomic E-state index is 11.0. The van der Waals surface area contributed by atoms with Crippen LogP contribution in [-0.4, -0.2) is 10.9 Å². The molecule has 0 unspecified atom stereocenters. The summed E-state index contributed by atoms with van der Waals surface area (Å²) >= 11 is 0. The van der Waals surface area contributed by atoms with Gasteiger partial charge in [-0.2, -0.15) is 4.98 Å².